The van der Waals surface area contributed by atoms with Crippen LogP contribution in [0.5, 0.6) is 0 Å². The Morgan fingerprint density at radius 3 is 2.92 bits per heavy atom. The standard InChI is InChI=1S/C19H19FN2O3S/c1-12-6-7-15(20)16(8-12)22-18(24)11-26-19(22)13-4-3-5-14(9-13)21-17(23)10-25-2/h3-9,19H,10-11H2,1-2H3,(H,21,23)/t19-/m1/s1. The number of halogens is 1. The molecule has 0 spiro atoms. The van der Waals surface area contributed by atoms with E-state index in [-0.39, 0.29) is 35.2 Å². The zero-order valence-electron chi connectivity index (χ0n) is 14.5. The van der Waals surface area contributed by atoms with Crippen LogP contribution in [0.3, 0.4) is 0 Å². The number of rotatable bonds is 5. The molecular formula is C19H19FN2O3S. The molecule has 0 saturated carbocycles. The van der Waals surface area contributed by atoms with Gasteiger partial charge in [0.05, 0.1) is 11.4 Å². The van der Waals surface area contributed by atoms with Crippen LogP contribution in [0.15, 0.2) is 42.5 Å². The van der Waals surface area contributed by atoms with Crippen LogP contribution in [0.1, 0.15) is 16.5 Å². The number of carbonyl (C=O) groups excluding carboxylic acids is 2. The number of benzene rings is 2. The lowest BCUT2D eigenvalue weighted by Gasteiger charge is -2.25. The van der Waals surface area contributed by atoms with Crippen LogP contribution in [0.25, 0.3) is 0 Å². The van der Waals surface area contributed by atoms with Crippen molar-refractivity contribution in [3.05, 3.63) is 59.4 Å². The number of methoxy groups -OCH3 is 1. The molecule has 136 valence electrons. The van der Waals surface area contributed by atoms with E-state index >= 15 is 0 Å². The summed E-state index contributed by atoms with van der Waals surface area (Å²) in [5.41, 5.74) is 2.58. The molecule has 2 aromatic rings. The highest BCUT2D eigenvalue weighted by Crippen LogP contribution is 2.43. The van der Waals surface area contributed by atoms with Crippen molar-refractivity contribution in [2.24, 2.45) is 0 Å². The van der Waals surface area contributed by atoms with Crippen molar-refractivity contribution >= 4 is 35.0 Å². The quantitative estimate of drug-likeness (QED) is 0.870. The maximum Gasteiger partial charge on any atom is 0.250 e. The van der Waals surface area contributed by atoms with Gasteiger partial charge in [-0.05, 0) is 42.3 Å². The third-order valence-electron chi connectivity index (χ3n) is 3.96. The number of nitrogens with zero attached hydrogens (tertiary/aromatic N) is 1. The van der Waals surface area contributed by atoms with E-state index in [1.165, 1.54) is 29.8 Å². The molecule has 0 unspecified atom stereocenters. The fourth-order valence-corrected chi connectivity index (χ4v) is 4.00. The highest BCUT2D eigenvalue weighted by Gasteiger charge is 2.35. The SMILES string of the molecule is COCC(=O)Nc1cccc([C@H]2SCC(=O)N2c2cc(C)ccc2F)c1. The lowest BCUT2D eigenvalue weighted by atomic mass is 10.1. The topological polar surface area (TPSA) is 58.6 Å². The summed E-state index contributed by atoms with van der Waals surface area (Å²) in [6.07, 6.45) is 0. The predicted octanol–water partition coefficient (Wildman–Crippen LogP) is 3.50. The molecule has 2 aromatic carbocycles. The molecule has 5 nitrogen and oxygen atoms in total. The number of hydrogen-bond donors (Lipinski definition) is 1. The summed E-state index contributed by atoms with van der Waals surface area (Å²) >= 11 is 1.43. The smallest absolute Gasteiger partial charge is 0.250 e. The minimum atomic E-state index is -0.430. The zero-order chi connectivity index (χ0) is 18.7. The Morgan fingerprint density at radius 1 is 1.35 bits per heavy atom. The Hall–Kier alpha value is -2.38. The van der Waals surface area contributed by atoms with Crippen LogP contribution >= 0.6 is 11.8 Å². The van der Waals surface area contributed by atoms with Gasteiger partial charge in [0.25, 0.3) is 0 Å². The molecule has 1 heterocycles. The first-order valence-corrected chi connectivity index (χ1v) is 9.13. The Labute approximate surface area is 155 Å². The molecule has 1 N–H and O–H groups in total. The third-order valence-corrected chi connectivity index (χ3v) is 5.17. The second-order valence-corrected chi connectivity index (χ2v) is 7.06. The molecule has 3 rings (SSSR count). The van der Waals surface area contributed by atoms with Crippen LogP contribution in [-0.2, 0) is 14.3 Å². The van der Waals surface area contributed by atoms with Gasteiger partial charge < -0.3 is 10.1 Å². The number of ether oxygens (including phenoxy) is 1. The van der Waals surface area contributed by atoms with Gasteiger partial charge in [-0.25, -0.2) is 4.39 Å². The summed E-state index contributed by atoms with van der Waals surface area (Å²) in [7, 11) is 1.45. The Balaban J connectivity index is 1.91. The lowest BCUT2D eigenvalue weighted by molar-refractivity contribution is -0.119. The maximum absolute atomic E-state index is 14.3. The second-order valence-electron chi connectivity index (χ2n) is 5.99. The summed E-state index contributed by atoms with van der Waals surface area (Å²) in [6, 6.07) is 11.9. The second kappa shape index (κ2) is 7.88. The first-order chi connectivity index (χ1) is 12.5. The van der Waals surface area contributed by atoms with Crippen molar-refractivity contribution in [2.75, 3.05) is 29.7 Å². The molecule has 1 saturated heterocycles. The van der Waals surface area contributed by atoms with Crippen LogP contribution < -0.4 is 10.2 Å². The molecule has 7 heteroatoms. The van der Waals surface area contributed by atoms with Crippen molar-refractivity contribution in [2.45, 2.75) is 12.3 Å². The number of aryl methyl sites for hydroxylation is 1. The average molecular weight is 374 g/mol. The summed E-state index contributed by atoms with van der Waals surface area (Å²) in [5.74, 6) is -0.557. The molecule has 0 bridgehead atoms. The van der Waals surface area contributed by atoms with Crippen molar-refractivity contribution in [1.29, 1.82) is 0 Å². The molecule has 0 aliphatic carbocycles. The van der Waals surface area contributed by atoms with Crippen molar-refractivity contribution < 1.29 is 18.7 Å². The lowest BCUT2D eigenvalue weighted by Crippen LogP contribution is -2.28. The van der Waals surface area contributed by atoms with Crippen molar-refractivity contribution in [3.63, 3.8) is 0 Å². The molecule has 1 aliphatic rings. The summed E-state index contributed by atoms with van der Waals surface area (Å²) in [6.45, 7) is 1.82. The van der Waals surface area contributed by atoms with Gasteiger partial charge in [-0.2, -0.15) is 0 Å². The molecule has 0 aromatic heterocycles. The average Bonchev–Trinajstić information content (AvgIpc) is 2.99. The molecule has 1 atom stereocenters. The fraction of sp³-hybridized carbons (Fsp3) is 0.263. The number of hydrogen-bond acceptors (Lipinski definition) is 4. The van der Waals surface area contributed by atoms with Crippen LogP contribution in [0, 0.1) is 12.7 Å². The third kappa shape index (κ3) is 3.89. The van der Waals surface area contributed by atoms with Gasteiger partial charge in [0.1, 0.15) is 17.8 Å². The Morgan fingerprint density at radius 2 is 2.15 bits per heavy atom. The number of nitrogens with one attached hydrogen (secondary N) is 1. The normalized spacial score (nSPS) is 16.8. The van der Waals surface area contributed by atoms with Gasteiger partial charge in [0.15, 0.2) is 0 Å². The summed E-state index contributed by atoms with van der Waals surface area (Å²) < 4.78 is 19.2. The summed E-state index contributed by atoms with van der Waals surface area (Å²) in [4.78, 5) is 25.6. The van der Waals surface area contributed by atoms with Crippen LogP contribution in [-0.4, -0.2) is 31.3 Å². The van der Waals surface area contributed by atoms with Gasteiger partial charge >= 0.3 is 0 Å². The first kappa shape index (κ1) is 18.4. The minimum absolute atomic E-state index is 0.0402. The van der Waals surface area contributed by atoms with Gasteiger partial charge in [0.2, 0.25) is 11.8 Å². The Kier molecular flexibility index (Phi) is 5.58. The number of carbonyl (C=O) groups is 2. The van der Waals surface area contributed by atoms with Crippen LogP contribution in [0.2, 0.25) is 0 Å². The van der Waals surface area contributed by atoms with Gasteiger partial charge in [-0.1, -0.05) is 18.2 Å². The van der Waals surface area contributed by atoms with E-state index in [2.05, 4.69) is 5.32 Å². The van der Waals surface area contributed by atoms with E-state index in [1.807, 2.05) is 13.0 Å². The van der Waals surface area contributed by atoms with Gasteiger partial charge in [-0.15, -0.1) is 11.8 Å². The van der Waals surface area contributed by atoms with E-state index in [9.17, 15) is 14.0 Å². The zero-order valence-corrected chi connectivity index (χ0v) is 15.3. The highest BCUT2D eigenvalue weighted by atomic mass is 32.2. The van der Waals surface area contributed by atoms with Gasteiger partial charge in [0, 0.05) is 12.8 Å². The van der Waals surface area contributed by atoms with Gasteiger partial charge in [-0.3, -0.25) is 14.5 Å². The largest absolute Gasteiger partial charge is 0.375 e. The van der Waals surface area contributed by atoms with E-state index in [0.717, 1.165) is 11.1 Å². The maximum atomic E-state index is 14.3. The Bertz CT molecular complexity index is 843. The monoisotopic (exact) mass is 374 g/mol. The predicted molar refractivity (Wildman–Crippen MR) is 101 cm³/mol. The van der Waals surface area contributed by atoms with E-state index in [4.69, 9.17) is 4.74 Å². The van der Waals surface area contributed by atoms with E-state index in [1.54, 1.807) is 30.3 Å². The van der Waals surface area contributed by atoms with E-state index < -0.39 is 5.82 Å². The number of amides is 2. The molecule has 0 radical (unpaired) electrons. The molecule has 1 fully saturated rings. The first-order valence-electron chi connectivity index (χ1n) is 8.08. The summed E-state index contributed by atoms with van der Waals surface area (Å²) in [5, 5.41) is 2.39. The molecular weight excluding hydrogens is 355 g/mol. The minimum Gasteiger partial charge on any atom is -0.375 e. The van der Waals surface area contributed by atoms with Crippen molar-refractivity contribution in [1.82, 2.24) is 0 Å². The molecule has 2 amide bonds. The van der Waals surface area contributed by atoms with Crippen LogP contribution in [0.4, 0.5) is 15.8 Å². The number of thioether (sulfide) groups is 1. The van der Waals surface area contributed by atoms with E-state index in [0.29, 0.717) is 5.69 Å². The highest BCUT2D eigenvalue weighted by molar-refractivity contribution is 8.00. The molecule has 26 heavy (non-hydrogen) atoms. The fourth-order valence-electron chi connectivity index (χ4n) is 2.84. The van der Waals surface area contributed by atoms with Crippen molar-refractivity contribution in [3.8, 4) is 0 Å². The molecule has 1 aliphatic heterocycles. The number of anilines is 2.